The lowest BCUT2D eigenvalue weighted by atomic mass is 9.95. The Morgan fingerprint density at radius 1 is 0.978 bits per heavy atom. The number of fused-ring (bicyclic) bond motifs is 1. The van der Waals surface area contributed by atoms with E-state index in [0.29, 0.717) is 44.3 Å². The Labute approximate surface area is 267 Å². The lowest BCUT2D eigenvalue weighted by Crippen LogP contribution is -2.42. The molecule has 1 saturated heterocycles. The number of nitrogen functional groups attached to an aromatic ring is 1. The van der Waals surface area contributed by atoms with E-state index in [1.54, 1.807) is 54.7 Å². The zero-order valence-electron chi connectivity index (χ0n) is 24.4. The van der Waals surface area contributed by atoms with Crippen LogP contribution in [-0.2, 0) is 11.3 Å². The van der Waals surface area contributed by atoms with Gasteiger partial charge in [0.15, 0.2) is 0 Å². The number of likely N-dealkylation sites (tertiary alicyclic amines) is 1. The largest absolute Gasteiger partial charge is 0.459 e. The first-order valence-corrected chi connectivity index (χ1v) is 14.9. The van der Waals surface area contributed by atoms with Gasteiger partial charge in [0, 0.05) is 65.3 Å². The van der Waals surface area contributed by atoms with E-state index in [-0.39, 0.29) is 36.7 Å². The average molecular weight is 645 g/mol. The third-order valence-electron chi connectivity index (χ3n) is 7.80. The van der Waals surface area contributed by atoms with E-state index >= 15 is 4.39 Å². The maximum Gasteiger partial charge on any atom is 0.253 e. The molecule has 1 aliphatic heterocycles. The number of piperidine rings is 1. The van der Waals surface area contributed by atoms with E-state index in [9.17, 15) is 18.4 Å². The van der Waals surface area contributed by atoms with Crippen molar-refractivity contribution in [3.8, 4) is 22.3 Å². The molecule has 1 aliphatic rings. The number of hydrogen-bond acceptors (Lipinski definition) is 5. The van der Waals surface area contributed by atoms with E-state index in [1.165, 1.54) is 23.1 Å². The summed E-state index contributed by atoms with van der Waals surface area (Å²) in [6.07, 6.45) is 3.72. The summed E-state index contributed by atoms with van der Waals surface area (Å²) >= 11 is 6.13. The van der Waals surface area contributed by atoms with E-state index in [1.807, 2.05) is 12.1 Å². The molecule has 0 atom stereocenters. The zero-order valence-corrected chi connectivity index (χ0v) is 25.2. The number of benzene rings is 3. The number of nitrogens with two attached hydrogens (primary N) is 1. The topological polar surface area (TPSA) is 101 Å². The predicted molar refractivity (Wildman–Crippen MR) is 172 cm³/mol. The molecule has 0 radical (unpaired) electrons. The van der Waals surface area contributed by atoms with Crippen LogP contribution < -0.4 is 11.1 Å². The summed E-state index contributed by atoms with van der Waals surface area (Å²) in [6, 6.07) is 20.0. The number of pyridine rings is 1. The quantitative estimate of drug-likeness (QED) is 0.177. The molecule has 11 heteroatoms. The Morgan fingerprint density at radius 3 is 2.43 bits per heavy atom. The van der Waals surface area contributed by atoms with Crippen molar-refractivity contribution in [2.24, 2.45) is 0 Å². The van der Waals surface area contributed by atoms with Crippen LogP contribution in [0.4, 0.5) is 19.0 Å². The van der Waals surface area contributed by atoms with Gasteiger partial charge in [-0.3, -0.25) is 9.59 Å². The molecule has 234 valence electrons. The fraction of sp³-hybridized carbons (Fsp3) is 0.171. The first kappa shape index (κ1) is 30.9. The van der Waals surface area contributed by atoms with Crippen molar-refractivity contribution >= 4 is 46.3 Å². The van der Waals surface area contributed by atoms with Gasteiger partial charge < -0.3 is 20.4 Å². The van der Waals surface area contributed by atoms with Gasteiger partial charge in [0.05, 0.1) is 6.54 Å². The molecule has 0 bridgehead atoms. The molecule has 1 fully saturated rings. The molecule has 3 heterocycles. The van der Waals surface area contributed by atoms with Crippen LogP contribution in [0.5, 0.6) is 0 Å². The highest BCUT2D eigenvalue weighted by Gasteiger charge is 2.36. The zero-order chi connectivity index (χ0) is 32.4. The van der Waals surface area contributed by atoms with Crippen LogP contribution in [0.2, 0.25) is 5.02 Å². The third-order valence-corrected chi connectivity index (χ3v) is 8.06. The lowest BCUT2D eigenvalue weighted by Gasteiger charge is -2.31. The van der Waals surface area contributed by atoms with Crippen LogP contribution >= 0.6 is 11.6 Å². The van der Waals surface area contributed by atoms with Crippen molar-refractivity contribution in [2.75, 3.05) is 18.8 Å². The number of nitrogens with one attached hydrogen (secondary N) is 1. The molecule has 0 spiro atoms. The summed E-state index contributed by atoms with van der Waals surface area (Å²) in [5, 5.41) is 4.01. The fourth-order valence-electron chi connectivity index (χ4n) is 5.32. The van der Waals surface area contributed by atoms with Crippen molar-refractivity contribution in [3.63, 3.8) is 0 Å². The second kappa shape index (κ2) is 12.7. The Bertz CT molecular complexity index is 1950. The smallest absolute Gasteiger partial charge is 0.253 e. The van der Waals surface area contributed by atoms with Gasteiger partial charge in [0.2, 0.25) is 5.91 Å². The maximum absolute atomic E-state index is 15.6. The fourth-order valence-corrected chi connectivity index (χ4v) is 5.44. The predicted octanol–water partition coefficient (Wildman–Crippen LogP) is 7.74. The number of rotatable bonds is 7. The number of carbonyl (C=O) groups is 2. The van der Waals surface area contributed by atoms with Crippen LogP contribution in [0.3, 0.4) is 0 Å². The molecule has 3 aromatic carbocycles. The van der Waals surface area contributed by atoms with Gasteiger partial charge in [-0.05, 0) is 77.4 Å². The van der Waals surface area contributed by atoms with Gasteiger partial charge in [-0.1, -0.05) is 29.8 Å². The molecular formula is C35H28ClF3N4O3. The van der Waals surface area contributed by atoms with E-state index < -0.39 is 30.5 Å². The number of halogens is 4. The van der Waals surface area contributed by atoms with Crippen molar-refractivity contribution in [2.45, 2.75) is 25.3 Å². The maximum atomic E-state index is 15.6. The molecule has 7 nitrogen and oxygen atoms in total. The third kappa shape index (κ3) is 6.92. The van der Waals surface area contributed by atoms with Gasteiger partial charge in [-0.2, -0.15) is 0 Å². The van der Waals surface area contributed by atoms with E-state index in [0.717, 1.165) is 11.6 Å². The molecule has 46 heavy (non-hydrogen) atoms. The second-order valence-electron chi connectivity index (χ2n) is 11.1. The highest BCUT2D eigenvalue weighted by Crippen LogP contribution is 2.37. The van der Waals surface area contributed by atoms with Gasteiger partial charge in [0.25, 0.3) is 11.8 Å². The van der Waals surface area contributed by atoms with E-state index in [2.05, 4.69) is 10.3 Å². The van der Waals surface area contributed by atoms with Gasteiger partial charge in [-0.25, -0.2) is 18.2 Å². The molecule has 0 aliphatic carbocycles. The standard InChI is InChI=1S/C35H28ClF3N4O3/c36-26-6-3-22(4-7-26)29-17-24(28-8-5-23(18-30(28)37)34(45)43-13-11-35(38,39)12-14-43)15-25-16-27(46-33(25)29)20-42-32(44)10-2-21-1-9-31(40)41-19-21/h1-10,15-19H,11-14,20H2,(H2,40,41)(H,42,44). The number of furan rings is 1. The number of hydrogen-bond donors (Lipinski definition) is 2. The van der Waals surface area contributed by atoms with Crippen molar-refractivity contribution in [1.82, 2.24) is 15.2 Å². The molecule has 5 aromatic rings. The SMILES string of the molecule is Nc1ccc(C=CC(=O)NCc2cc3cc(-c4ccc(C(=O)N5CCC(F)(F)CC5)cc4F)cc(-c4ccc(Cl)cc4)c3o2)cn1. The first-order chi connectivity index (χ1) is 22.0. The molecule has 2 aromatic heterocycles. The molecule has 0 saturated carbocycles. The van der Waals surface area contributed by atoms with Crippen molar-refractivity contribution in [1.29, 1.82) is 0 Å². The van der Waals surface area contributed by atoms with Gasteiger partial charge in [-0.15, -0.1) is 0 Å². The van der Waals surface area contributed by atoms with Crippen LogP contribution in [0, 0.1) is 5.82 Å². The molecular weight excluding hydrogens is 617 g/mol. The Balaban J connectivity index is 1.27. The summed E-state index contributed by atoms with van der Waals surface area (Å²) in [5.41, 5.74) is 9.16. The van der Waals surface area contributed by atoms with Crippen LogP contribution in [0.25, 0.3) is 39.3 Å². The number of anilines is 1. The molecule has 0 unspecified atom stereocenters. The van der Waals surface area contributed by atoms with Crippen LogP contribution in [0.15, 0.2) is 89.5 Å². The van der Waals surface area contributed by atoms with Crippen LogP contribution in [-0.4, -0.2) is 40.7 Å². The molecule has 3 N–H and O–H groups in total. The minimum atomic E-state index is -2.79. The Kier molecular flexibility index (Phi) is 8.55. The van der Waals surface area contributed by atoms with Crippen LogP contribution in [0.1, 0.15) is 34.5 Å². The molecule has 6 rings (SSSR count). The monoisotopic (exact) mass is 644 g/mol. The van der Waals surface area contributed by atoms with Gasteiger partial charge in [0.1, 0.15) is 23.0 Å². The first-order valence-electron chi connectivity index (χ1n) is 14.5. The summed E-state index contributed by atoms with van der Waals surface area (Å²) in [5.74, 6) is -3.39. The number of alkyl halides is 2. The number of aromatic nitrogens is 1. The van der Waals surface area contributed by atoms with Gasteiger partial charge >= 0.3 is 0 Å². The second-order valence-corrected chi connectivity index (χ2v) is 11.5. The minimum Gasteiger partial charge on any atom is -0.459 e. The van der Waals surface area contributed by atoms with E-state index in [4.69, 9.17) is 21.8 Å². The van der Waals surface area contributed by atoms with Crippen molar-refractivity contribution < 1.29 is 27.2 Å². The Morgan fingerprint density at radius 2 is 1.74 bits per heavy atom. The Hall–Kier alpha value is -5.09. The summed E-state index contributed by atoms with van der Waals surface area (Å²) in [7, 11) is 0. The normalized spacial score (nSPS) is 14.6. The average Bonchev–Trinajstić information content (AvgIpc) is 3.46. The van der Waals surface area contributed by atoms with Crippen molar-refractivity contribution in [3.05, 3.63) is 113 Å². The summed E-state index contributed by atoms with van der Waals surface area (Å²) in [6.45, 7) is -0.0767. The lowest BCUT2D eigenvalue weighted by molar-refractivity contribution is -0.116. The highest BCUT2D eigenvalue weighted by molar-refractivity contribution is 6.30. The minimum absolute atomic E-state index is 0.0874. The summed E-state index contributed by atoms with van der Waals surface area (Å²) in [4.78, 5) is 30.7. The summed E-state index contributed by atoms with van der Waals surface area (Å²) < 4.78 is 48.9. The highest BCUT2D eigenvalue weighted by atomic mass is 35.5. The number of nitrogens with zero attached hydrogens (tertiary/aromatic N) is 2. The number of carbonyl (C=O) groups excluding carboxylic acids is 2. The number of amides is 2. The molecule has 2 amide bonds.